The quantitative estimate of drug-likeness (QED) is 0.323. The van der Waals surface area contributed by atoms with E-state index in [2.05, 4.69) is 30.9 Å². The van der Waals surface area contributed by atoms with Crippen LogP contribution in [0.2, 0.25) is 0 Å². The first kappa shape index (κ1) is 19.0. The van der Waals surface area contributed by atoms with Crippen molar-refractivity contribution < 1.29 is 9.47 Å². The number of unbranched alkanes of at least 4 members (excludes halogenated alkanes) is 3. The molecule has 1 aliphatic rings. The summed E-state index contributed by atoms with van der Waals surface area (Å²) in [6, 6.07) is 0. The normalized spacial score (nSPS) is 20.2. The maximum atomic E-state index is 5.93. The van der Waals surface area contributed by atoms with Crippen LogP contribution >= 0.6 is 0 Å². The molecule has 1 saturated heterocycles. The molecule has 0 N–H and O–H groups in total. The summed E-state index contributed by atoms with van der Waals surface area (Å²) in [6.45, 7) is 5.02. The summed E-state index contributed by atoms with van der Waals surface area (Å²) in [5, 5.41) is 0. The van der Waals surface area contributed by atoms with E-state index in [0.717, 1.165) is 32.3 Å². The monoisotopic (exact) mass is 304 g/mol. The maximum absolute atomic E-state index is 5.93. The van der Waals surface area contributed by atoms with Crippen LogP contribution in [0.15, 0.2) is 24.3 Å². The van der Waals surface area contributed by atoms with Gasteiger partial charge in [0.25, 0.3) is 0 Å². The van der Waals surface area contributed by atoms with Crippen molar-refractivity contribution in [2.75, 3.05) is 6.61 Å². The van der Waals surface area contributed by atoms with Crippen LogP contribution in [0.1, 0.15) is 71.6 Å². The first-order chi connectivity index (χ1) is 10.8. The van der Waals surface area contributed by atoms with Gasteiger partial charge < -0.3 is 9.47 Å². The average molecular weight is 304 g/mol. The summed E-state index contributed by atoms with van der Waals surface area (Å²) in [4.78, 5) is 0. The van der Waals surface area contributed by atoms with Crippen LogP contribution in [0.25, 0.3) is 0 Å². The maximum Gasteiger partial charge on any atom is 0.157 e. The summed E-state index contributed by atoms with van der Waals surface area (Å²) in [5.41, 5.74) is 0. The Morgan fingerprint density at radius 3 is 2.91 bits per heavy atom. The number of hydrogen-bond acceptors (Lipinski definition) is 2. The molecule has 2 heteroatoms. The third kappa shape index (κ3) is 10.7. The largest absolute Gasteiger partial charge is 0.353 e. The molecule has 0 bridgehead atoms. The molecule has 0 radical (unpaired) electrons. The molecule has 0 aromatic carbocycles. The van der Waals surface area contributed by atoms with Gasteiger partial charge in [-0.1, -0.05) is 42.9 Å². The van der Waals surface area contributed by atoms with Crippen molar-refractivity contribution in [1.82, 2.24) is 0 Å². The van der Waals surface area contributed by atoms with E-state index in [1.165, 1.54) is 32.1 Å². The van der Waals surface area contributed by atoms with Crippen LogP contribution in [-0.2, 0) is 9.47 Å². The Kier molecular flexibility index (Phi) is 11.8. The second kappa shape index (κ2) is 13.6. The molecule has 124 valence electrons. The van der Waals surface area contributed by atoms with Crippen molar-refractivity contribution in [3.63, 3.8) is 0 Å². The summed E-state index contributed by atoms with van der Waals surface area (Å²) in [5.74, 6) is 6.08. The van der Waals surface area contributed by atoms with E-state index in [9.17, 15) is 0 Å². The lowest BCUT2D eigenvalue weighted by molar-refractivity contribution is -0.185. The fraction of sp³-hybridized carbons (Fsp3) is 0.700. The Bertz CT molecular complexity index is 367. The van der Waals surface area contributed by atoms with Gasteiger partial charge in [-0.15, -0.1) is 0 Å². The van der Waals surface area contributed by atoms with Gasteiger partial charge in [0.1, 0.15) is 0 Å². The van der Waals surface area contributed by atoms with Gasteiger partial charge in [0.2, 0.25) is 0 Å². The van der Waals surface area contributed by atoms with Gasteiger partial charge in [-0.3, -0.25) is 0 Å². The van der Waals surface area contributed by atoms with Crippen molar-refractivity contribution in [3.8, 4) is 11.8 Å². The van der Waals surface area contributed by atoms with Gasteiger partial charge in [0.05, 0.1) is 6.10 Å². The van der Waals surface area contributed by atoms with Gasteiger partial charge >= 0.3 is 0 Å². The molecule has 2 nitrogen and oxygen atoms in total. The molecule has 0 aromatic heterocycles. The molecule has 0 aliphatic carbocycles. The molecule has 22 heavy (non-hydrogen) atoms. The fourth-order valence-electron chi connectivity index (χ4n) is 2.48. The van der Waals surface area contributed by atoms with E-state index in [-0.39, 0.29) is 6.29 Å². The van der Waals surface area contributed by atoms with Crippen LogP contribution in [0.5, 0.6) is 0 Å². The summed E-state index contributed by atoms with van der Waals surface area (Å²) >= 11 is 0. The van der Waals surface area contributed by atoms with E-state index in [0.29, 0.717) is 6.10 Å². The van der Waals surface area contributed by atoms with Gasteiger partial charge in [-0.05, 0) is 58.4 Å². The van der Waals surface area contributed by atoms with E-state index in [1.807, 2.05) is 19.1 Å². The van der Waals surface area contributed by atoms with E-state index in [4.69, 9.17) is 9.47 Å². The van der Waals surface area contributed by atoms with Gasteiger partial charge in [-0.25, -0.2) is 0 Å². The van der Waals surface area contributed by atoms with E-state index in [1.54, 1.807) is 0 Å². The minimum Gasteiger partial charge on any atom is -0.353 e. The van der Waals surface area contributed by atoms with Crippen molar-refractivity contribution in [1.29, 1.82) is 0 Å². The highest BCUT2D eigenvalue weighted by Gasteiger charge is 2.16. The molecule has 0 spiro atoms. The molecular formula is C20H32O2. The van der Waals surface area contributed by atoms with Crippen molar-refractivity contribution >= 4 is 0 Å². The number of allylic oxidation sites excluding steroid dienone is 4. The van der Waals surface area contributed by atoms with Crippen molar-refractivity contribution in [3.05, 3.63) is 24.3 Å². The predicted molar refractivity (Wildman–Crippen MR) is 93.6 cm³/mol. The van der Waals surface area contributed by atoms with Crippen molar-refractivity contribution in [2.45, 2.75) is 84.0 Å². The minimum atomic E-state index is 0.0512. The second-order valence-electron chi connectivity index (χ2n) is 5.88. The Hall–Kier alpha value is -1.04. The zero-order chi connectivity index (χ0) is 15.9. The predicted octanol–water partition coefficient (Wildman–Crippen LogP) is 5.39. The first-order valence-electron chi connectivity index (χ1n) is 8.84. The molecule has 0 amide bonds. The highest BCUT2D eigenvalue weighted by atomic mass is 16.7. The highest BCUT2D eigenvalue weighted by Crippen LogP contribution is 2.17. The fourth-order valence-corrected chi connectivity index (χ4v) is 2.48. The van der Waals surface area contributed by atoms with Crippen LogP contribution in [0.3, 0.4) is 0 Å². The molecule has 2 unspecified atom stereocenters. The van der Waals surface area contributed by atoms with Crippen molar-refractivity contribution in [2.24, 2.45) is 0 Å². The Morgan fingerprint density at radius 1 is 1.23 bits per heavy atom. The van der Waals surface area contributed by atoms with Crippen LogP contribution in [0, 0.1) is 11.8 Å². The van der Waals surface area contributed by atoms with Gasteiger partial charge in [-0.2, -0.15) is 0 Å². The molecule has 1 heterocycles. The molecule has 0 saturated carbocycles. The molecule has 0 aromatic rings. The lowest BCUT2D eigenvalue weighted by Gasteiger charge is -2.26. The third-order valence-electron chi connectivity index (χ3n) is 3.74. The summed E-state index contributed by atoms with van der Waals surface area (Å²) in [6.07, 6.45) is 19.0. The molecule has 1 rings (SSSR count). The zero-order valence-corrected chi connectivity index (χ0v) is 14.4. The smallest absolute Gasteiger partial charge is 0.157 e. The Morgan fingerprint density at radius 2 is 2.14 bits per heavy atom. The standard InChI is InChI=1S/C20H32O2/c1-3-4-5-6-7-8-9-10-11-12-13-16-19(2)22-20-17-14-15-18-21-20/h3-4,8-9,19-20H,7,10-18H2,1-2H3/b4-3-,9-8-. The van der Waals surface area contributed by atoms with Crippen LogP contribution in [0.4, 0.5) is 0 Å². The summed E-state index contributed by atoms with van der Waals surface area (Å²) < 4.78 is 11.5. The van der Waals surface area contributed by atoms with Gasteiger partial charge in [0.15, 0.2) is 6.29 Å². The average Bonchev–Trinajstić information content (AvgIpc) is 2.53. The number of rotatable bonds is 9. The van der Waals surface area contributed by atoms with Crippen LogP contribution in [-0.4, -0.2) is 19.0 Å². The third-order valence-corrected chi connectivity index (χ3v) is 3.74. The second-order valence-corrected chi connectivity index (χ2v) is 5.88. The Labute approximate surface area is 137 Å². The first-order valence-corrected chi connectivity index (χ1v) is 8.84. The number of ether oxygens (including phenoxy) is 2. The highest BCUT2D eigenvalue weighted by molar-refractivity contribution is 5.16. The number of hydrogen-bond donors (Lipinski definition) is 0. The SMILES string of the molecule is C/C=C\C#CC/C=C\CCCCCC(C)OC1CCCCO1. The zero-order valence-electron chi connectivity index (χ0n) is 14.4. The lowest BCUT2D eigenvalue weighted by Crippen LogP contribution is -2.26. The molecule has 2 atom stereocenters. The molecule has 1 fully saturated rings. The summed E-state index contributed by atoms with van der Waals surface area (Å²) in [7, 11) is 0. The molecule has 1 aliphatic heterocycles. The molecular weight excluding hydrogens is 272 g/mol. The topological polar surface area (TPSA) is 18.5 Å². The minimum absolute atomic E-state index is 0.0512. The van der Waals surface area contributed by atoms with Crippen LogP contribution < -0.4 is 0 Å². The van der Waals surface area contributed by atoms with E-state index < -0.39 is 0 Å². The Balaban J connectivity index is 1.92. The van der Waals surface area contributed by atoms with Gasteiger partial charge in [0, 0.05) is 13.0 Å². The lowest BCUT2D eigenvalue weighted by atomic mass is 10.1. The van der Waals surface area contributed by atoms with E-state index >= 15 is 0 Å².